The van der Waals surface area contributed by atoms with E-state index >= 15 is 0 Å². The van der Waals surface area contributed by atoms with Crippen LogP contribution in [0.1, 0.15) is 75.2 Å². The quantitative estimate of drug-likeness (QED) is 0.106. The zero-order chi connectivity index (χ0) is 44.7. The zero-order valence-electron chi connectivity index (χ0n) is 39.0. The summed E-state index contributed by atoms with van der Waals surface area (Å²) in [4.78, 5) is 16.2. The first-order valence-electron chi connectivity index (χ1n) is 22.3. The van der Waals surface area contributed by atoms with Crippen LogP contribution in [0.5, 0.6) is 5.75 Å². The molecule has 0 spiro atoms. The Morgan fingerprint density at radius 3 is 2.06 bits per heavy atom. The Morgan fingerprint density at radius 2 is 1.37 bits per heavy atom. The summed E-state index contributed by atoms with van der Waals surface area (Å²) in [6, 6.07) is 35.2. The van der Waals surface area contributed by atoms with Crippen LogP contribution < -0.4 is 4.40 Å². The Hall–Kier alpha value is -5.99. The van der Waals surface area contributed by atoms with Gasteiger partial charge in [0.15, 0.2) is 0 Å². The molecule has 6 nitrogen and oxygen atoms in total. The molecule has 4 aromatic heterocycles. The van der Waals surface area contributed by atoms with Crippen molar-refractivity contribution in [3.05, 3.63) is 137 Å². The van der Waals surface area contributed by atoms with Gasteiger partial charge in [0.05, 0.1) is 0 Å². The van der Waals surface area contributed by atoms with Crippen LogP contribution in [0.2, 0.25) is 17.3 Å². The third-order valence-corrected chi connectivity index (χ3v) is 17.4. The molecule has 0 atom stereocenters. The molecule has 10 aromatic rings. The first-order valence-corrected chi connectivity index (χ1v) is 29.6. The van der Waals surface area contributed by atoms with Crippen LogP contribution in [-0.4, -0.2) is 42.3 Å². The number of phenols is 1. The standard InChI is InChI=1S/C56H57GeN5O/c1-31-24-32(2)50(40(25-31)35-18-15-14-16-19-35)62-46-21-17-20-38(48(46)60-54(62)42-28-37(55(5,6)7)29-43(53(42)63)56(8,9)10)36-26-33(3)51-41(27-36)49-47-39(44(30-58-49)57(11,12)13)22-23-45-52(47)61(51)34(4)59-45/h14-30,63H,1-13H3. The molecule has 6 aromatic carbocycles. The molecule has 0 amide bonds. The fourth-order valence-electron chi connectivity index (χ4n) is 10.1. The number of benzene rings is 6. The summed E-state index contributed by atoms with van der Waals surface area (Å²) in [7, 11) is 0. The largest absolute Gasteiger partial charge is 0.0622 e. The Kier molecular flexibility index (Phi) is 9.13. The van der Waals surface area contributed by atoms with Crippen molar-refractivity contribution in [2.24, 2.45) is 0 Å². The van der Waals surface area contributed by atoms with E-state index in [1.165, 1.54) is 20.7 Å². The molecule has 0 bridgehead atoms. The van der Waals surface area contributed by atoms with Crippen LogP contribution in [0.4, 0.5) is 0 Å². The monoisotopic (exact) mass is 889 g/mol. The van der Waals surface area contributed by atoms with E-state index in [9.17, 15) is 5.11 Å². The predicted octanol–water partition coefficient (Wildman–Crippen LogP) is 14.0. The first kappa shape index (κ1) is 41.0. The second-order valence-electron chi connectivity index (χ2n) is 21.0. The summed E-state index contributed by atoms with van der Waals surface area (Å²) in [5.74, 6) is 9.29. The molecule has 1 N–H and O–H groups in total. The molecule has 0 aliphatic carbocycles. The second-order valence-corrected chi connectivity index (χ2v) is 31.6. The van der Waals surface area contributed by atoms with Gasteiger partial charge in [-0.2, -0.15) is 0 Å². The molecule has 0 fully saturated rings. The van der Waals surface area contributed by atoms with Crippen molar-refractivity contribution in [1.29, 1.82) is 0 Å². The van der Waals surface area contributed by atoms with Gasteiger partial charge in [-0.05, 0) is 53.5 Å². The van der Waals surface area contributed by atoms with E-state index in [-0.39, 0.29) is 16.6 Å². The number of aromatic nitrogens is 5. The number of aromatic hydroxyl groups is 1. The van der Waals surface area contributed by atoms with Crippen molar-refractivity contribution in [3.63, 3.8) is 0 Å². The predicted molar refractivity (Wildman–Crippen MR) is 269 cm³/mol. The van der Waals surface area contributed by atoms with E-state index in [1.54, 1.807) is 0 Å². The average Bonchev–Trinajstić information content (AvgIpc) is 3.76. The van der Waals surface area contributed by atoms with Crippen molar-refractivity contribution in [2.45, 2.75) is 97.3 Å². The van der Waals surface area contributed by atoms with Crippen LogP contribution in [0.25, 0.3) is 88.6 Å². The SMILES string of the molecule is Cc1cc(C)c(-n2c(-c3cc(C(C)(C)C)cc(C(C)(C)C)c3O)nc3c(-c4cc(C)c5c(c4)c4nc[c]([Ge]([CH3])([CH3])[CH3])c6ccc7nc(C)n5c7c64)cccc32)c(-c2ccccc2)c1. The molecular formula is C56H57GeN5O. The van der Waals surface area contributed by atoms with Crippen LogP contribution in [0, 0.1) is 27.7 Å². The number of aryl methyl sites for hydroxylation is 4. The van der Waals surface area contributed by atoms with Gasteiger partial charge in [0.2, 0.25) is 0 Å². The smallest absolute Gasteiger partial charge is 0.00634 e. The average molecular weight is 889 g/mol. The van der Waals surface area contributed by atoms with Gasteiger partial charge in [0, 0.05) is 11.1 Å². The van der Waals surface area contributed by atoms with Gasteiger partial charge in [-0.1, -0.05) is 89.6 Å². The van der Waals surface area contributed by atoms with Crippen LogP contribution in [0.3, 0.4) is 0 Å². The number of fused-ring (bicyclic) bond motifs is 4. The van der Waals surface area contributed by atoms with Crippen molar-refractivity contribution < 1.29 is 5.11 Å². The van der Waals surface area contributed by atoms with E-state index in [0.717, 1.165) is 100 Å². The van der Waals surface area contributed by atoms with Gasteiger partial charge in [-0.15, -0.1) is 0 Å². The topological polar surface area (TPSA) is 68.2 Å². The van der Waals surface area contributed by atoms with E-state index in [0.29, 0.717) is 5.82 Å². The molecule has 10 rings (SSSR count). The number of hydrogen-bond acceptors (Lipinski definition) is 4. The maximum Gasteiger partial charge on any atom is 0.00634 e. The third-order valence-electron chi connectivity index (χ3n) is 13.2. The van der Waals surface area contributed by atoms with Crippen molar-refractivity contribution >= 4 is 66.9 Å². The summed E-state index contributed by atoms with van der Waals surface area (Å²) in [6.45, 7) is 21.9. The van der Waals surface area contributed by atoms with Gasteiger partial charge < -0.3 is 5.11 Å². The van der Waals surface area contributed by atoms with Crippen LogP contribution in [-0.2, 0) is 10.8 Å². The molecule has 0 saturated carbocycles. The molecule has 0 radical (unpaired) electrons. The van der Waals surface area contributed by atoms with Crippen LogP contribution >= 0.6 is 0 Å². The molecule has 4 heterocycles. The molecule has 63 heavy (non-hydrogen) atoms. The molecule has 0 aliphatic rings. The fraction of sp³-hybridized carbons (Fsp3) is 0.268. The van der Waals surface area contributed by atoms with Gasteiger partial charge in [0.1, 0.15) is 5.75 Å². The molecule has 0 aliphatic heterocycles. The third kappa shape index (κ3) is 6.38. The number of phenolic OH excluding ortho intramolecular Hbond substituents is 1. The first-order chi connectivity index (χ1) is 29.7. The Bertz CT molecular complexity index is 3500. The molecule has 0 unspecified atom stereocenters. The van der Waals surface area contributed by atoms with Gasteiger partial charge in [-0.25, -0.2) is 0 Å². The maximum atomic E-state index is 12.5. The van der Waals surface area contributed by atoms with Crippen molar-refractivity contribution in [1.82, 2.24) is 23.9 Å². The van der Waals surface area contributed by atoms with Gasteiger partial charge >= 0.3 is 210 Å². The maximum absolute atomic E-state index is 12.5. The number of hydrogen-bond donors (Lipinski definition) is 1. The molecule has 0 saturated heterocycles. The molecular weight excluding hydrogens is 831 g/mol. The Balaban J connectivity index is 1.34. The number of para-hydroxylation sites is 1. The number of pyridine rings is 2. The van der Waals surface area contributed by atoms with Crippen LogP contribution in [0.15, 0.2) is 103 Å². The number of rotatable bonds is 5. The molecule has 7 heteroatoms. The zero-order valence-corrected chi connectivity index (χ0v) is 41.1. The summed E-state index contributed by atoms with van der Waals surface area (Å²) >= 11 is -2.31. The Labute approximate surface area is 373 Å². The summed E-state index contributed by atoms with van der Waals surface area (Å²) in [6.07, 6.45) is 2.17. The van der Waals surface area contributed by atoms with Crippen molar-refractivity contribution in [2.75, 3.05) is 0 Å². The van der Waals surface area contributed by atoms with Gasteiger partial charge in [-0.3, -0.25) is 0 Å². The Morgan fingerprint density at radius 1 is 0.619 bits per heavy atom. The number of nitrogens with zero attached hydrogens (tertiary/aromatic N) is 5. The minimum Gasteiger partial charge on any atom is -0.0622 e. The van der Waals surface area contributed by atoms with E-state index in [2.05, 4.69) is 199 Å². The minimum absolute atomic E-state index is 0.175. The minimum atomic E-state index is -2.31. The van der Waals surface area contributed by atoms with E-state index in [4.69, 9.17) is 15.0 Å². The van der Waals surface area contributed by atoms with E-state index < -0.39 is 13.3 Å². The summed E-state index contributed by atoms with van der Waals surface area (Å²) < 4.78 is 6.10. The fourth-order valence-corrected chi connectivity index (χ4v) is 13.2. The van der Waals surface area contributed by atoms with Gasteiger partial charge in [0.25, 0.3) is 0 Å². The summed E-state index contributed by atoms with van der Waals surface area (Å²) in [5.41, 5.74) is 17.3. The van der Waals surface area contributed by atoms with Crippen molar-refractivity contribution in [3.8, 4) is 45.1 Å². The summed E-state index contributed by atoms with van der Waals surface area (Å²) in [5, 5.41) is 16.1. The normalized spacial score (nSPS) is 12.9. The molecule has 316 valence electrons. The van der Waals surface area contributed by atoms with E-state index in [1.807, 2.05) is 0 Å². The second kappa shape index (κ2) is 14.0. The number of imidazole rings is 2.